The minimum Gasteiger partial charge on any atom is -0.360 e. The third-order valence-corrected chi connectivity index (χ3v) is 5.94. The number of nitrogens with zero attached hydrogens (tertiary/aromatic N) is 2. The molecular formula is C21H26N4O3. The van der Waals surface area contributed by atoms with Gasteiger partial charge in [-0.2, -0.15) is 0 Å². The van der Waals surface area contributed by atoms with E-state index < -0.39 is 5.91 Å². The van der Waals surface area contributed by atoms with Gasteiger partial charge in [0.15, 0.2) is 0 Å². The zero-order valence-electron chi connectivity index (χ0n) is 15.9. The van der Waals surface area contributed by atoms with E-state index in [0.29, 0.717) is 30.0 Å². The molecule has 0 bridgehead atoms. The Hall–Kier alpha value is -2.67. The summed E-state index contributed by atoms with van der Waals surface area (Å²) < 4.78 is 0. The van der Waals surface area contributed by atoms with Crippen molar-refractivity contribution >= 4 is 22.7 Å². The number of amides is 2. The lowest BCUT2D eigenvalue weighted by Crippen LogP contribution is -2.53. The molecule has 148 valence electrons. The summed E-state index contributed by atoms with van der Waals surface area (Å²) in [6.45, 7) is 3.10. The summed E-state index contributed by atoms with van der Waals surface area (Å²) in [6.07, 6.45) is 6.56. The first-order chi connectivity index (χ1) is 13.6. The van der Waals surface area contributed by atoms with E-state index in [9.17, 15) is 14.4 Å². The minimum atomic E-state index is -0.523. The number of pyridine rings is 1. The molecule has 4 rings (SSSR count). The standard InChI is InChI=1S/C21H26N4O3/c26-19(25-11-9-24(10-12-25)15-5-1-2-6-15)14-23-21(28)17-13-22-18-8-4-3-7-16(18)20(17)27/h3-4,7-8,13,15H,1-2,5-6,9-12,14H2,(H,22,27)(H,23,28). The number of carbonyl (C=O) groups excluding carboxylic acids is 2. The number of para-hydroxylation sites is 1. The van der Waals surface area contributed by atoms with Crippen LogP contribution >= 0.6 is 0 Å². The van der Waals surface area contributed by atoms with E-state index in [1.807, 2.05) is 6.07 Å². The molecule has 2 amide bonds. The molecule has 7 nitrogen and oxygen atoms in total. The summed E-state index contributed by atoms with van der Waals surface area (Å²) in [5.74, 6) is -0.624. The van der Waals surface area contributed by atoms with Crippen LogP contribution in [-0.4, -0.2) is 65.4 Å². The fraction of sp³-hybridized carbons (Fsp3) is 0.476. The van der Waals surface area contributed by atoms with Crippen LogP contribution in [-0.2, 0) is 4.79 Å². The average Bonchev–Trinajstić information content (AvgIpc) is 3.27. The molecule has 7 heteroatoms. The van der Waals surface area contributed by atoms with Crippen molar-refractivity contribution in [1.82, 2.24) is 20.1 Å². The van der Waals surface area contributed by atoms with Gasteiger partial charge in [-0.1, -0.05) is 25.0 Å². The maximum Gasteiger partial charge on any atom is 0.257 e. The van der Waals surface area contributed by atoms with E-state index in [-0.39, 0.29) is 23.4 Å². The molecule has 0 spiro atoms. The fourth-order valence-electron chi connectivity index (χ4n) is 4.30. The molecule has 0 radical (unpaired) electrons. The molecule has 1 aromatic carbocycles. The Morgan fingerprint density at radius 2 is 1.79 bits per heavy atom. The maximum absolute atomic E-state index is 12.5. The molecule has 1 aromatic heterocycles. The van der Waals surface area contributed by atoms with Gasteiger partial charge in [-0.15, -0.1) is 0 Å². The molecule has 1 saturated carbocycles. The van der Waals surface area contributed by atoms with Crippen molar-refractivity contribution in [3.8, 4) is 0 Å². The summed E-state index contributed by atoms with van der Waals surface area (Å²) in [5, 5.41) is 3.07. The van der Waals surface area contributed by atoms with Crippen LogP contribution in [0.1, 0.15) is 36.0 Å². The van der Waals surface area contributed by atoms with E-state index in [2.05, 4.69) is 15.2 Å². The van der Waals surface area contributed by atoms with E-state index in [0.717, 1.165) is 13.1 Å². The number of fused-ring (bicyclic) bond motifs is 1. The number of benzene rings is 1. The number of hydrogen-bond donors (Lipinski definition) is 2. The van der Waals surface area contributed by atoms with Crippen LogP contribution in [0.5, 0.6) is 0 Å². The first-order valence-electron chi connectivity index (χ1n) is 10.0. The number of rotatable bonds is 4. The Balaban J connectivity index is 1.32. The second-order valence-electron chi connectivity index (χ2n) is 7.61. The molecule has 28 heavy (non-hydrogen) atoms. The van der Waals surface area contributed by atoms with E-state index in [1.54, 1.807) is 23.1 Å². The van der Waals surface area contributed by atoms with Gasteiger partial charge in [-0.05, 0) is 25.0 Å². The molecule has 2 heterocycles. The summed E-state index contributed by atoms with van der Waals surface area (Å²) in [6, 6.07) is 7.72. The Kier molecular flexibility index (Phi) is 5.43. The quantitative estimate of drug-likeness (QED) is 0.836. The third kappa shape index (κ3) is 3.80. The van der Waals surface area contributed by atoms with Crippen molar-refractivity contribution in [1.29, 1.82) is 0 Å². The van der Waals surface area contributed by atoms with Crippen LogP contribution in [0.25, 0.3) is 10.9 Å². The fourth-order valence-corrected chi connectivity index (χ4v) is 4.30. The van der Waals surface area contributed by atoms with Crippen molar-refractivity contribution in [2.75, 3.05) is 32.7 Å². The molecule has 1 saturated heterocycles. The molecule has 2 fully saturated rings. The average molecular weight is 382 g/mol. The first-order valence-corrected chi connectivity index (χ1v) is 10.0. The Morgan fingerprint density at radius 1 is 1.07 bits per heavy atom. The Labute approximate surface area is 163 Å². The Bertz CT molecular complexity index is 925. The van der Waals surface area contributed by atoms with Gasteiger partial charge in [0.1, 0.15) is 5.56 Å². The molecule has 1 aliphatic heterocycles. The largest absolute Gasteiger partial charge is 0.360 e. The number of aromatic nitrogens is 1. The van der Waals surface area contributed by atoms with Gasteiger partial charge in [0.05, 0.1) is 6.54 Å². The van der Waals surface area contributed by atoms with Crippen LogP contribution < -0.4 is 10.7 Å². The van der Waals surface area contributed by atoms with Crippen molar-refractivity contribution in [3.05, 3.63) is 46.2 Å². The highest BCUT2D eigenvalue weighted by atomic mass is 16.2. The van der Waals surface area contributed by atoms with Gasteiger partial charge >= 0.3 is 0 Å². The Morgan fingerprint density at radius 3 is 2.54 bits per heavy atom. The number of carbonyl (C=O) groups is 2. The van der Waals surface area contributed by atoms with Crippen molar-refractivity contribution in [2.24, 2.45) is 0 Å². The number of hydrogen-bond acceptors (Lipinski definition) is 4. The normalized spacial score (nSPS) is 18.5. The highest BCUT2D eigenvalue weighted by Gasteiger charge is 2.28. The van der Waals surface area contributed by atoms with E-state index >= 15 is 0 Å². The van der Waals surface area contributed by atoms with Gasteiger partial charge in [0, 0.05) is 49.3 Å². The number of aromatic amines is 1. The van der Waals surface area contributed by atoms with E-state index in [4.69, 9.17) is 0 Å². The van der Waals surface area contributed by atoms with Crippen LogP contribution in [0.3, 0.4) is 0 Å². The summed E-state index contributed by atoms with van der Waals surface area (Å²) >= 11 is 0. The van der Waals surface area contributed by atoms with Crippen LogP contribution in [0.15, 0.2) is 35.3 Å². The second-order valence-corrected chi connectivity index (χ2v) is 7.61. The molecule has 0 atom stereocenters. The van der Waals surface area contributed by atoms with Gasteiger partial charge in [0.2, 0.25) is 11.3 Å². The second kappa shape index (κ2) is 8.14. The highest BCUT2D eigenvalue weighted by Crippen LogP contribution is 2.24. The van der Waals surface area contributed by atoms with Gasteiger partial charge in [0.25, 0.3) is 5.91 Å². The number of nitrogens with one attached hydrogen (secondary N) is 2. The molecule has 0 unspecified atom stereocenters. The van der Waals surface area contributed by atoms with Gasteiger partial charge < -0.3 is 15.2 Å². The minimum absolute atomic E-state index is 0.0255. The van der Waals surface area contributed by atoms with Crippen LogP contribution in [0.2, 0.25) is 0 Å². The molecule has 1 aliphatic carbocycles. The van der Waals surface area contributed by atoms with Crippen LogP contribution in [0.4, 0.5) is 0 Å². The van der Waals surface area contributed by atoms with Crippen molar-refractivity contribution < 1.29 is 9.59 Å². The zero-order chi connectivity index (χ0) is 19.5. The predicted octanol–water partition coefficient (Wildman–Crippen LogP) is 1.34. The summed E-state index contributed by atoms with van der Waals surface area (Å²) in [4.78, 5) is 44.6. The monoisotopic (exact) mass is 382 g/mol. The predicted molar refractivity (Wildman–Crippen MR) is 107 cm³/mol. The lowest BCUT2D eigenvalue weighted by molar-refractivity contribution is -0.132. The molecule has 2 aromatic rings. The lowest BCUT2D eigenvalue weighted by Gasteiger charge is -2.38. The smallest absolute Gasteiger partial charge is 0.257 e. The number of piperazine rings is 1. The summed E-state index contributed by atoms with van der Waals surface area (Å²) in [7, 11) is 0. The van der Waals surface area contributed by atoms with Crippen molar-refractivity contribution in [2.45, 2.75) is 31.7 Å². The van der Waals surface area contributed by atoms with Crippen molar-refractivity contribution in [3.63, 3.8) is 0 Å². The first kappa shape index (κ1) is 18.7. The van der Waals surface area contributed by atoms with Crippen LogP contribution in [0, 0.1) is 0 Å². The SMILES string of the molecule is O=C(NCC(=O)N1CCN(C2CCCC2)CC1)c1c[nH]c2ccccc2c1=O. The topological polar surface area (TPSA) is 85.5 Å². The molecular weight excluding hydrogens is 356 g/mol. The number of H-pyrrole nitrogens is 1. The molecule has 2 aliphatic rings. The third-order valence-electron chi connectivity index (χ3n) is 5.94. The highest BCUT2D eigenvalue weighted by molar-refractivity contribution is 5.98. The lowest BCUT2D eigenvalue weighted by atomic mass is 10.1. The molecule has 2 N–H and O–H groups in total. The zero-order valence-corrected chi connectivity index (χ0v) is 15.9. The summed E-state index contributed by atoms with van der Waals surface area (Å²) in [5.41, 5.74) is 0.377. The van der Waals surface area contributed by atoms with Gasteiger partial charge in [-0.3, -0.25) is 19.3 Å². The maximum atomic E-state index is 12.5. The van der Waals surface area contributed by atoms with Gasteiger partial charge in [-0.25, -0.2) is 0 Å². The van der Waals surface area contributed by atoms with E-state index in [1.165, 1.54) is 31.9 Å².